The molecule has 1 heterocycles. The van der Waals surface area contributed by atoms with E-state index >= 15 is 0 Å². The van der Waals surface area contributed by atoms with E-state index in [0.29, 0.717) is 23.3 Å². The van der Waals surface area contributed by atoms with Gasteiger partial charge in [-0.25, -0.2) is 9.97 Å². The number of non-ortho nitro benzene ring substituents is 1. The highest BCUT2D eigenvalue weighted by molar-refractivity contribution is 5.90. The Bertz CT molecular complexity index is 587. The lowest BCUT2D eigenvalue weighted by atomic mass is 10.2. The van der Waals surface area contributed by atoms with Gasteiger partial charge >= 0.3 is 0 Å². The van der Waals surface area contributed by atoms with E-state index in [2.05, 4.69) is 20.6 Å². The van der Waals surface area contributed by atoms with Crippen LogP contribution in [0.3, 0.4) is 0 Å². The van der Waals surface area contributed by atoms with Crippen LogP contribution in [-0.2, 0) is 0 Å². The molecule has 0 unspecified atom stereocenters. The molecule has 0 saturated heterocycles. The van der Waals surface area contributed by atoms with Crippen molar-refractivity contribution in [3.63, 3.8) is 0 Å². The van der Waals surface area contributed by atoms with Gasteiger partial charge in [-0.05, 0) is 12.6 Å². The standard InChI is InChI=1S/C12H15N5O2/c1-2-13-5-6-14-12-10-7-9(17(18)19)3-4-11(10)15-8-16-12/h3-4,7-8,13H,2,5-6H2,1H3,(H,14,15,16). The third-order valence-corrected chi connectivity index (χ3v) is 2.67. The zero-order chi connectivity index (χ0) is 13.7. The number of nitro benzene ring substituents is 1. The lowest BCUT2D eigenvalue weighted by Crippen LogP contribution is -2.22. The maximum absolute atomic E-state index is 10.8. The van der Waals surface area contributed by atoms with Crippen molar-refractivity contribution in [3.05, 3.63) is 34.6 Å². The molecule has 0 fully saturated rings. The monoisotopic (exact) mass is 261 g/mol. The molecule has 7 heteroatoms. The van der Waals surface area contributed by atoms with E-state index in [-0.39, 0.29) is 5.69 Å². The first-order chi connectivity index (χ1) is 9.22. The molecule has 2 N–H and O–H groups in total. The van der Waals surface area contributed by atoms with E-state index in [0.717, 1.165) is 13.1 Å². The molecule has 2 aromatic rings. The number of rotatable bonds is 6. The van der Waals surface area contributed by atoms with Crippen molar-refractivity contribution in [2.45, 2.75) is 6.92 Å². The summed E-state index contributed by atoms with van der Waals surface area (Å²) in [7, 11) is 0. The quantitative estimate of drug-likeness (QED) is 0.465. The Labute approximate surface area is 110 Å². The van der Waals surface area contributed by atoms with Gasteiger partial charge in [-0.2, -0.15) is 0 Å². The summed E-state index contributed by atoms with van der Waals surface area (Å²) in [5.74, 6) is 0.617. The average Bonchev–Trinajstić information content (AvgIpc) is 2.43. The van der Waals surface area contributed by atoms with Gasteiger partial charge in [-0.3, -0.25) is 10.1 Å². The van der Waals surface area contributed by atoms with Gasteiger partial charge < -0.3 is 10.6 Å². The van der Waals surface area contributed by atoms with Crippen LogP contribution in [0.2, 0.25) is 0 Å². The van der Waals surface area contributed by atoms with Crippen LogP contribution in [0.4, 0.5) is 11.5 Å². The Kier molecular flexibility index (Phi) is 4.19. The SMILES string of the molecule is CCNCCNc1ncnc2ccc([N+](=O)[O-])cc12. The number of hydrogen-bond donors (Lipinski definition) is 2. The fourth-order valence-corrected chi connectivity index (χ4v) is 1.75. The van der Waals surface area contributed by atoms with Gasteiger partial charge in [-0.1, -0.05) is 6.92 Å². The summed E-state index contributed by atoms with van der Waals surface area (Å²) in [6.45, 7) is 4.43. The van der Waals surface area contributed by atoms with Crippen molar-refractivity contribution in [2.24, 2.45) is 0 Å². The topological polar surface area (TPSA) is 93.0 Å². The summed E-state index contributed by atoms with van der Waals surface area (Å²) in [4.78, 5) is 18.6. The molecule has 1 aromatic heterocycles. The molecule has 0 atom stereocenters. The first-order valence-electron chi connectivity index (χ1n) is 6.06. The number of nitrogens with one attached hydrogen (secondary N) is 2. The number of hydrogen-bond acceptors (Lipinski definition) is 6. The van der Waals surface area contributed by atoms with E-state index in [9.17, 15) is 10.1 Å². The molecule has 0 radical (unpaired) electrons. The molecule has 0 aliphatic rings. The Balaban J connectivity index is 2.26. The molecule has 2 rings (SSSR count). The van der Waals surface area contributed by atoms with Crippen molar-refractivity contribution in [1.29, 1.82) is 0 Å². The van der Waals surface area contributed by atoms with Crippen molar-refractivity contribution < 1.29 is 4.92 Å². The lowest BCUT2D eigenvalue weighted by Gasteiger charge is -2.08. The number of fused-ring (bicyclic) bond motifs is 1. The van der Waals surface area contributed by atoms with Crippen LogP contribution in [0.5, 0.6) is 0 Å². The second kappa shape index (κ2) is 6.05. The van der Waals surface area contributed by atoms with Crippen molar-refractivity contribution >= 4 is 22.4 Å². The first-order valence-corrected chi connectivity index (χ1v) is 6.06. The van der Waals surface area contributed by atoms with Crippen molar-refractivity contribution in [1.82, 2.24) is 15.3 Å². The normalized spacial score (nSPS) is 10.6. The van der Waals surface area contributed by atoms with Crippen LogP contribution < -0.4 is 10.6 Å². The maximum atomic E-state index is 10.8. The highest BCUT2D eigenvalue weighted by atomic mass is 16.6. The Morgan fingerprint density at radius 3 is 2.89 bits per heavy atom. The zero-order valence-corrected chi connectivity index (χ0v) is 10.6. The van der Waals surface area contributed by atoms with Gasteiger partial charge in [0.25, 0.3) is 5.69 Å². The molecule has 0 bridgehead atoms. The number of likely N-dealkylation sites (N-methyl/N-ethyl adjacent to an activating group) is 1. The molecule has 0 spiro atoms. The minimum absolute atomic E-state index is 0.0389. The van der Waals surface area contributed by atoms with E-state index in [4.69, 9.17) is 0 Å². The highest BCUT2D eigenvalue weighted by Crippen LogP contribution is 2.23. The Morgan fingerprint density at radius 1 is 1.32 bits per heavy atom. The summed E-state index contributed by atoms with van der Waals surface area (Å²) in [5, 5.41) is 17.8. The molecular weight excluding hydrogens is 246 g/mol. The molecule has 19 heavy (non-hydrogen) atoms. The van der Waals surface area contributed by atoms with E-state index in [1.165, 1.54) is 18.5 Å². The average molecular weight is 261 g/mol. The highest BCUT2D eigenvalue weighted by Gasteiger charge is 2.10. The molecule has 0 amide bonds. The van der Waals surface area contributed by atoms with Crippen LogP contribution in [0.1, 0.15) is 6.92 Å². The molecule has 7 nitrogen and oxygen atoms in total. The van der Waals surface area contributed by atoms with E-state index in [1.54, 1.807) is 6.07 Å². The molecule has 0 aliphatic carbocycles. The summed E-state index contributed by atoms with van der Waals surface area (Å²) < 4.78 is 0. The minimum atomic E-state index is -0.422. The fraction of sp³-hybridized carbons (Fsp3) is 0.333. The van der Waals surface area contributed by atoms with Gasteiger partial charge in [0, 0.05) is 30.6 Å². The number of benzene rings is 1. The first kappa shape index (κ1) is 13.2. The number of aromatic nitrogens is 2. The zero-order valence-electron chi connectivity index (χ0n) is 10.6. The summed E-state index contributed by atoms with van der Waals surface area (Å²) >= 11 is 0. The van der Waals surface area contributed by atoms with Crippen molar-refractivity contribution in [2.75, 3.05) is 25.0 Å². The lowest BCUT2D eigenvalue weighted by molar-refractivity contribution is -0.384. The van der Waals surface area contributed by atoms with Gasteiger partial charge in [0.1, 0.15) is 12.1 Å². The number of anilines is 1. The molecule has 0 aliphatic heterocycles. The smallest absolute Gasteiger partial charge is 0.270 e. The number of nitro groups is 1. The van der Waals surface area contributed by atoms with Crippen LogP contribution >= 0.6 is 0 Å². The second-order valence-corrected chi connectivity index (χ2v) is 3.96. The summed E-state index contributed by atoms with van der Waals surface area (Å²) in [6, 6.07) is 4.56. The van der Waals surface area contributed by atoms with Crippen LogP contribution in [0, 0.1) is 10.1 Å². The molecule has 1 aromatic carbocycles. The molecule has 100 valence electrons. The fourth-order valence-electron chi connectivity index (χ4n) is 1.75. The van der Waals surface area contributed by atoms with E-state index in [1.807, 2.05) is 6.92 Å². The maximum Gasteiger partial charge on any atom is 0.270 e. The van der Waals surface area contributed by atoms with Gasteiger partial charge in [0.2, 0.25) is 0 Å². The van der Waals surface area contributed by atoms with Crippen molar-refractivity contribution in [3.8, 4) is 0 Å². The largest absolute Gasteiger partial charge is 0.368 e. The second-order valence-electron chi connectivity index (χ2n) is 3.96. The predicted molar refractivity (Wildman–Crippen MR) is 73.2 cm³/mol. The van der Waals surface area contributed by atoms with Crippen LogP contribution in [-0.4, -0.2) is 34.5 Å². The van der Waals surface area contributed by atoms with E-state index < -0.39 is 4.92 Å². The third kappa shape index (κ3) is 3.14. The summed E-state index contributed by atoms with van der Waals surface area (Å²) in [6.07, 6.45) is 1.45. The Morgan fingerprint density at radius 2 is 2.16 bits per heavy atom. The minimum Gasteiger partial charge on any atom is -0.368 e. The van der Waals surface area contributed by atoms with Gasteiger partial charge in [0.15, 0.2) is 0 Å². The van der Waals surface area contributed by atoms with Crippen LogP contribution in [0.25, 0.3) is 10.9 Å². The summed E-state index contributed by atoms with van der Waals surface area (Å²) in [5.41, 5.74) is 0.726. The Hall–Kier alpha value is -2.28. The predicted octanol–water partition coefficient (Wildman–Crippen LogP) is 1.56. The molecule has 0 saturated carbocycles. The molecular formula is C12H15N5O2. The van der Waals surface area contributed by atoms with Gasteiger partial charge in [-0.15, -0.1) is 0 Å². The number of nitrogens with zero attached hydrogens (tertiary/aromatic N) is 3. The van der Waals surface area contributed by atoms with Crippen LogP contribution in [0.15, 0.2) is 24.5 Å². The third-order valence-electron chi connectivity index (χ3n) is 2.67. The van der Waals surface area contributed by atoms with Gasteiger partial charge in [0.05, 0.1) is 10.4 Å².